The lowest BCUT2D eigenvalue weighted by Crippen LogP contribution is -2.27. The maximum absolute atomic E-state index is 4.05. The smallest absolute Gasteiger partial charge is 0.0201 e. The molecule has 0 atom stereocenters. The van der Waals surface area contributed by atoms with E-state index in [4.69, 9.17) is 0 Å². The van der Waals surface area contributed by atoms with Crippen molar-refractivity contribution < 1.29 is 0 Å². The van der Waals surface area contributed by atoms with Crippen molar-refractivity contribution in [2.75, 3.05) is 13.1 Å². The maximum Gasteiger partial charge on any atom is 0.0201 e. The highest BCUT2D eigenvalue weighted by atomic mass is 14.9. The number of rotatable bonds is 6. The first kappa shape index (κ1) is 12.6. The van der Waals surface area contributed by atoms with Gasteiger partial charge in [-0.3, -0.25) is 0 Å². The first-order valence-corrected chi connectivity index (χ1v) is 6.33. The van der Waals surface area contributed by atoms with E-state index < -0.39 is 0 Å². The van der Waals surface area contributed by atoms with Crippen LogP contribution in [0.1, 0.15) is 46.0 Å². The Morgan fingerprint density at radius 3 is 2.67 bits per heavy atom. The summed E-state index contributed by atoms with van der Waals surface area (Å²) >= 11 is 0. The van der Waals surface area contributed by atoms with Gasteiger partial charge in [0.05, 0.1) is 0 Å². The summed E-state index contributed by atoms with van der Waals surface area (Å²) in [5, 5.41) is 6.78. The zero-order chi connectivity index (χ0) is 11.1. The second-order valence-corrected chi connectivity index (χ2v) is 4.99. The third kappa shape index (κ3) is 5.83. The van der Waals surface area contributed by atoms with Crippen LogP contribution < -0.4 is 10.6 Å². The average molecular weight is 210 g/mol. The second-order valence-electron chi connectivity index (χ2n) is 4.99. The van der Waals surface area contributed by atoms with Gasteiger partial charge < -0.3 is 10.6 Å². The van der Waals surface area contributed by atoms with Crippen molar-refractivity contribution in [3.8, 4) is 0 Å². The quantitative estimate of drug-likeness (QED) is 0.704. The van der Waals surface area contributed by atoms with Gasteiger partial charge in [-0.2, -0.15) is 0 Å². The summed E-state index contributed by atoms with van der Waals surface area (Å²) in [7, 11) is 0. The highest BCUT2D eigenvalue weighted by molar-refractivity contribution is 4.92. The van der Waals surface area contributed by atoms with Gasteiger partial charge in [-0.15, -0.1) is 0 Å². The first-order valence-electron chi connectivity index (χ1n) is 6.33. The number of nitrogens with one attached hydrogen (secondary N) is 2. The first-order chi connectivity index (χ1) is 7.18. The molecule has 0 aromatic carbocycles. The fourth-order valence-corrected chi connectivity index (χ4v) is 2.25. The molecule has 0 unspecified atom stereocenters. The van der Waals surface area contributed by atoms with Crippen LogP contribution in [0.2, 0.25) is 0 Å². The Balaban J connectivity index is 2.02. The van der Waals surface area contributed by atoms with Crippen LogP contribution in [0.5, 0.6) is 0 Å². The number of hydrogen-bond donors (Lipinski definition) is 2. The molecule has 0 spiro atoms. The largest absolute Gasteiger partial charge is 0.387 e. The molecule has 1 fully saturated rings. The fourth-order valence-electron chi connectivity index (χ4n) is 2.25. The van der Waals surface area contributed by atoms with Crippen molar-refractivity contribution in [1.82, 2.24) is 10.6 Å². The van der Waals surface area contributed by atoms with E-state index in [1.807, 2.05) is 0 Å². The van der Waals surface area contributed by atoms with E-state index in [9.17, 15) is 0 Å². The van der Waals surface area contributed by atoms with Crippen LogP contribution in [0.3, 0.4) is 0 Å². The summed E-state index contributed by atoms with van der Waals surface area (Å²) in [5.41, 5.74) is 1.21. The molecule has 0 amide bonds. The highest BCUT2D eigenvalue weighted by Crippen LogP contribution is 2.19. The van der Waals surface area contributed by atoms with E-state index in [-0.39, 0.29) is 0 Å². The molecule has 2 N–H and O–H groups in total. The highest BCUT2D eigenvalue weighted by Gasteiger charge is 2.12. The van der Waals surface area contributed by atoms with E-state index >= 15 is 0 Å². The maximum atomic E-state index is 4.05. The molecule has 2 heteroatoms. The van der Waals surface area contributed by atoms with Crippen LogP contribution in [0.25, 0.3) is 0 Å². The van der Waals surface area contributed by atoms with E-state index in [0.717, 1.165) is 12.3 Å². The van der Waals surface area contributed by atoms with Crippen LogP contribution in [-0.2, 0) is 0 Å². The summed E-state index contributed by atoms with van der Waals surface area (Å²) in [6, 6.07) is 0.524. The van der Waals surface area contributed by atoms with Gasteiger partial charge in [-0.1, -0.05) is 6.58 Å². The van der Waals surface area contributed by atoms with Crippen molar-refractivity contribution in [2.45, 2.75) is 52.0 Å². The molecular weight excluding hydrogens is 184 g/mol. The van der Waals surface area contributed by atoms with Crippen molar-refractivity contribution in [3.05, 3.63) is 12.3 Å². The average Bonchev–Trinajstić information content (AvgIpc) is 2.18. The van der Waals surface area contributed by atoms with E-state index in [1.54, 1.807) is 0 Å². The van der Waals surface area contributed by atoms with Gasteiger partial charge in [-0.05, 0) is 65.0 Å². The molecule has 0 aromatic rings. The van der Waals surface area contributed by atoms with Crippen molar-refractivity contribution in [2.24, 2.45) is 5.92 Å². The lowest BCUT2D eigenvalue weighted by molar-refractivity contribution is 0.346. The molecule has 1 saturated heterocycles. The van der Waals surface area contributed by atoms with Crippen LogP contribution >= 0.6 is 0 Å². The molecule has 1 aliphatic heterocycles. The van der Waals surface area contributed by atoms with Gasteiger partial charge in [0.2, 0.25) is 0 Å². The van der Waals surface area contributed by atoms with Crippen LogP contribution in [0, 0.1) is 5.92 Å². The van der Waals surface area contributed by atoms with Gasteiger partial charge in [0.1, 0.15) is 0 Å². The zero-order valence-electron chi connectivity index (χ0n) is 10.3. The molecule has 1 aliphatic rings. The van der Waals surface area contributed by atoms with E-state index in [1.165, 1.54) is 44.5 Å². The Hall–Kier alpha value is -0.500. The molecule has 0 bridgehead atoms. The lowest BCUT2D eigenvalue weighted by atomic mass is 9.92. The number of piperidine rings is 1. The van der Waals surface area contributed by atoms with E-state index in [2.05, 4.69) is 31.1 Å². The molecule has 15 heavy (non-hydrogen) atoms. The summed E-state index contributed by atoms with van der Waals surface area (Å²) in [6.07, 6.45) is 6.54. The SMILES string of the molecule is C=C(CCCC1CCNCC1)NC(C)C. The number of allylic oxidation sites excluding steroid dienone is 1. The Bertz CT molecular complexity index is 181. The minimum absolute atomic E-state index is 0.524. The van der Waals surface area contributed by atoms with Crippen LogP contribution in [0.15, 0.2) is 12.3 Å². The standard InChI is InChI=1S/C13H26N2/c1-11(2)15-12(3)5-4-6-13-7-9-14-10-8-13/h11,13-15H,3-10H2,1-2H3. The Kier molecular flexibility index (Phi) is 5.77. The molecule has 88 valence electrons. The molecule has 0 aliphatic carbocycles. The fraction of sp³-hybridized carbons (Fsp3) is 0.846. The zero-order valence-corrected chi connectivity index (χ0v) is 10.3. The van der Waals surface area contributed by atoms with Gasteiger partial charge in [0.15, 0.2) is 0 Å². The Labute approximate surface area is 94.5 Å². The molecule has 2 nitrogen and oxygen atoms in total. The Morgan fingerprint density at radius 1 is 1.40 bits per heavy atom. The predicted molar refractivity (Wildman–Crippen MR) is 66.9 cm³/mol. The van der Waals surface area contributed by atoms with Gasteiger partial charge in [0, 0.05) is 11.7 Å². The van der Waals surface area contributed by atoms with Gasteiger partial charge in [-0.25, -0.2) is 0 Å². The van der Waals surface area contributed by atoms with E-state index in [0.29, 0.717) is 6.04 Å². The third-order valence-corrected chi connectivity index (χ3v) is 3.04. The van der Waals surface area contributed by atoms with Crippen molar-refractivity contribution >= 4 is 0 Å². The van der Waals surface area contributed by atoms with Gasteiger partial charge in [0.25, 0.3) is 0 Å². The molecule has 0 aromatic heterocycles. The predicted octanol–water partition coefficient (Wildman–Crippen LogP) is 2.67. The summed E-state index contributed by atoms with van der Waals surface area (Å²) in [4.78, 5) is 0. The molecule has 1 rings (SSSR count). The molecular formula is C13H26N2. The molecule has 1 heterocycles. The van der Waals surface area contributed by atoms with Crippen LogP contribution in [-0.4, -0.2) is 19.1 Å². The van der Waals surface area contributed by atoms with Crippen molar-refractivity contribution in [3.63, 3.8) is 0 Å². The summed E-state index contributed by atoms with van der Waals surface area (Å²) in [5.74, 6) is 0.957. The molecule has 0 saturated carbocycles. The second kappa shape index (κ2) is 6.89. The van der Waals surface area contributed by atoms with Gasteiger partial charge >= 0.3 is 0 Å². The normalized spacial score (nSPS) is 18.1. The third-order valence-electron chi connectivity index (χ3n) is 3.04. The number of hydrogen-bond acceptors (Lipinski definition) is 2. The molecule has 0 radical (unpaired) electrons. The summed E-state index contributed by atoms with van der Waals surface area (Å²) < 4.78 is 0. The summed E-state index contributed by atoms with van der Waals surface area (Å²) in [6.45, 7) is 10.8. The minimum atomic E-state index is 0.524. The minimum Gasteiger partial charge on any atom is -0.387 e. The lowest BCUT2D eigenvalue weighted by Gasteiger charge is -2.22. The Morgan fingerprint density at radius 2 is 2.07 bits per heavy atom. The van der Waals surface area contributed by atoms with Crippen molar-refractivity contribution in [1.29, 1.82) is 0 Å². The monoisotopic (exact) mass is 210 g/mol. The topological polar surface area (TPSA) is 24.1 Å². The van der Waals surface area contributed by atoms with Crippen LogP contribution in [0.4, 0.5) is 0 Å².